The van der Waals surface area contributed by atoms with Gasteiger partial charge in [0.15, 0.2) is 0 Å². The average molecular weight is 131 g/mol. The van der Waals surface area contributed by atoms with Crippen LogP contribution in [0.1, 0.15) is 13.3 Å². The Kier molecular flexibility index (Phi) is 2.57. The van der Waals surface area contributed by atoms with E-state index in [9.17, 15) is 4.79 Å². The predicted octanol–water partition coefficient (Wildman–Crippen LogP) is 0.209. The van der Waals surface area contributed by atoms with Crippen LogP contribution in [0.3, 0.4) is 0 Å². The Hall–Kier alpha value is -1.19. The van der Waals surface area contributed by atoms with Crippen LogP contribution in [-0.2, 0) is 4.79 Å². The largest absolute Gasteiger partial charge is 0.481 e. The molecule has 0 aliphatic heterocycles. The normalized spacial score (nSPS) is 8.56. The number of hydrogen-bond donors (Lipinski definition) is 3. The molecule has 0 aliphatic carbocycles. The third-order valence-electron chi connectivity index (χ3n) is 0.921. The molecule has 0 aromatic carbocycles. The molecule has 0 fully saturated rings. The third kappa shape index (κ3) is 2.03. The van der Waals surface area contributed by atoms with Gasteiger partial charge in [0.25, 0.3) is 11.9 Å². The molecule has 0 aliphatic rings. The molecule has 9 heavy (non-hydrogen) atoms. The van der Waals surface area contributed by atoms with Crippen molar-refractivity contribution in [3.05, 3.63) is 11.5 Å². The molecule has 0 unspecified atom stereocenters. The van der Waals surface area contributed by atoms with Gasteiger partial charge in [0.2, 0.25) is 0 Å². The number of aliphatic hydroxyl groups excluding tert-OH is 1. The van der Waals surface area contributed by atoms with E-state index in [1.165, 1.54) is 0 Å². The minimum absolute atomic E-state index is 0.144. The molecule has 4 nitrogen and oxygen atoms in total. The molecule has 0 saturated heterocycles. The van der Waals surface area contributed by atoms with Crippen LogP contribution in [0, 0.1) is 0 Å². The van der Waals surface area contributed by atoms with E-state index in [0.29, 0.717) is 0 Å². The highest BCUT2D eigenvalue weighted by atomic mass is 16.5. The summed E-state index contributed by atoms with van der Waals surface area (Å²) >= 11 is 0. The summed E-state index contributed by atoms with van der Waals surface area (Å²) in [5.74, 6) is -1.78. The Balaban J connectivity index is 4.35. The fourth-order valence-corrected chi connectivity index (χ4v) is 0.443. The zero-order valence-electron chi connectivity index (χ0n) is 5.09. The Labute approximate surface area is 52.6 Å². The van der Waals surface area contributed by atoms with Crippen LogP contribution in [0.4, 0.5) is 0 Å². The Morgan fingerprint density at radius 1 is 1.56 bits per heavy atom. The van der Waals surface area contributed by atoms with E-state index in [-0.39, 0.29) is 12.0 Å². The molecular formula is C5H9NO3. The number of amides is 1. The van der Waals surface area contributed by atoms with Gasteiger partial charge in [0.1, 0.15) is 0 Å². The van der Waals surface area contributed by atoms with Crippen LogP contribution >= 0.6 is 0 Å². The van der Waals surface area contributed by atoms with E-state index in [4.69, 9.17) is 15.9 Å². The quantitative estimate of drug-likeness (QED) is 0.370. The monoisotopic (exact) mass is 131 g/mol. The fraction of sp³-hybridized carbons (Fsp3) is 0.400. The summed E-state index contributed by atoms with van der Waals surface area (Å²) in [7, 11) is 0. The lowest BCUT2D eigenvalue weighted by atomic mass is 10.2. The molecule has 0 aromatic heterocycles. The Morgan fingerprint density at radius 3 is 2.00 bits per heavy atom. The predicted molar refractivity (Wildman–Crippen MR) is 31.8 cm³/mol. The van der Waals surface area contributed by atoms with Crippen LogP contribution in [0.5, 0.6) is 0 Å². The molecule has 52 valence electrons. The zero-order chi connectivity index (χ0) is 7.44. The van der Waals surface area contributed by atoms with Crippen molar-refractivity contribution >= 4 is 5.91 Å². The highest BCUT2D eigenvalue weighted by molar-refractivity contribution is 5.91. The van der Waals surface area contributed by atoms with Gasteiger partial charge in [-0.1, -0.05) is 6.92 Å². The number of carbonyl (C=O) groups excluding carboxylic acids is 1. The average Bonchev–Trinajstić information content (AvgIpc) is 1.64. The minimum atomic E-state index is -0.981. The highest BCUT2D eigenvalue weighted by Gasteiger charge is 2.07. The number of hydrogen-bond acceptors (Lipinski definition) is 3. The fourth-order valence-electron chi connectivity index (χ4n) is 0.443. The van der Waals surface area contributed by atoms with Crippen molar-refractivity contribution in [2.75, 3.05) is 0 Å². The molecule has 0 spiro atoms. The SMILES string of the molecule is CCC(C(N)=O)=C(O)O. The van der Waals surface area contributed by atoms with Crippen molar-refractivity contribution in [3.8, 4) is 0 Å². The topological polar surface area (TPSA) is 83.6 Å². The summed E-state index contributed by atoms with van der Waals surface area (Å²) in [6.07, 6.45) is 0.234. The smallest absolute Gasteiger partial charge is 0.283 e. The van der Waals surface area contributed by atoms with E-state index < -0.39 is 11.9 Å². The van der Waals surface area contributed by atoms with Gasteiger partial charge in [-0.05, 0) is 6.42 Å². The van der Waals surface area contributed by atoms with Crippen LogP contribution in [0.25, 0.3) is 0 Å². The molecule has 0 bridgehead atoms. The lowest BCUT2D eigenvalue weighted by Crippen LogP contribution is -2.15. The second-order valence-electron chi connectivity index (χ2n) is 1.52. The number of carbonyl (C=O) groups is 1. The standard InChI is InChI=1S/C5H9NO3/c1-2-3(4(6)7)5(8)9/h8-9H,2H2,1H3,(H2,6,7). The van der Waals surface area contributed by atoms with E-state index in [1.807, 2.05) is 0 Å². The first-order valence-electron chi connectivity index (χ1n) is 2.50. The van der Waals surface area contributed by atoms with Crippen LogP contribution in [0.15, 0.2) is 11.5 Å². The molecule has 4 N–H and O–H groups in total. The summed E-state index contributed by atoms with van der Waals surface area (Å²) in [5, 5.41) is 16.6. The summed E-state index contributed by atoms with van der Waals surface area (Å²) in [6, 6.07) is 0. The maximum absolute atomic E-state index is 10.2. The van der Waals surface area contributed by atoms with E-state index in [2.05, 4.69) is 0 Å². The molecule has 0 saturated carbocycles. The molecule has 4 heteroatoms. The van der Waals surface area contributed by atoms with Crippen molar-refractivity contribution in [2.45, 2.75) is 13.3 Å². The molecule has 0 heterocycles. The second kappa shape index (κ2) is 2.96. The van der Waals surface area contributed by atoms with E-state index >= 15 is 0 Å². The van der Waals surface area contributed by atoms with Gasteiger partial charge >= 0.3 is 0 Å². The maximum atomic E-state index is 10.2. The number of nitrogens with two attached hydrogens (primary N) is 1. The summed E-state index contributed by atoms with van der Waals surface area (Å²) < 4.78 is 0. The van der Waals surface area contributed by atoms with Gasteiger partial charge in [-0.25, -0.2) is 0 Å². The van der Waals surface area contributed by atoms with Gasteiger partial charge in [-0.2, -0.15) is 0 Å². The van der Waals surface area contributed by atoms with Crippen LogP contribution in [-0.4, -0.2) is 16.1 Å². The number of primary amides is 1. The van der Waals surface area contributed by atoms with Crippen LogP contribution in [0.2, 0.25) is 0 Å². The van der Waals surface area contributed by atoms with Crippen molar-refractivity contribution in [1.82, 2.24) is 0 Å². The lowest BCUT2D eigenvalue weighted by Gasteiger charge is -1.96. The first-order chi connectivity index (χ1) is 4.09. The number of aliphatic hydroxyl groups is 2. The summed E-state index contributed by atoms with van der Waals surface area (Å²) in [6.45, 7) is 1.60. The summed E-state index contributed by atoms with van der Waals surface area (Å²) in [4.78, 5) is 10.2. The molecule has 0 aromatic rings. The minimum Gasteiger partial charge on any atom is -0.481 e. The first kappa shape index (κ1) is 7.81. The molecule has 0 atom stereocenters. The third-order valence-corrected chi connectivity index (χ3v) is 0.921. The Morgan fingerprint density at radius 2 is 2.00 bits per heavy atom. The van der Waals surface area contributed by atoms with Gasteiger partial charge in [-0.15, -0.1) is 0 Å². The van der Waals surface area contributed by atoms with Crippen molar-refractivity contribution in [3.63, 3.8) is 0 Å². The van der Waals surface area contributed by atoms with Gasteiger partial charge in [-0.3, -0.25) is 4.79 Å². The molecule has 0 radical (unpaired) electrons. The zero-order valence-corrected chi connectivity index (χ0v) is 5.09. The molecule has 0 rings (SSSR count). The van der Waals surface area contributed by atoms with E-state index in [1.54, 1.807) is 6.92 Å². The Bertz CT molecular complexity index is 146. The first-order valence-corrected chi connectivity index (χ1v) is 2.50. The van der Waals surface area contributed by atoms with Gasteiger partial charge < -0.3 is 15.9 Å². The van der Waals surface area contributed by atoms with Crippen molar-refractivity contribution in [1.29, 1.82) is 0 Å². The van der Waals surface area contributed by atoms with Gasteiger partial charge in [0, 0.05) is 0 Å². The second-order valence-corrected chi connectivity index (χ2v) is 1.52. The summed E-state index contributed by atoms with van der Waals surface area (Å²) in [5.41, 5.74) is 4.59. The lowest BCUT2D eigenvalue weighted by molar-refractivity contribution is -0.115. The van der Waals surface area contributed by atoms with Crippen molar-refractivity contribution in [2.24, 2.45) is 5.73 Å². The van der Waals surface area contributed by atoms with Crippen molar-refractivity contribution < 1.29 is 15.0 Å². The molecular weight excluding hydrogens is 122 g/mol. The van der Waals surface area contributed by atoms with Gasteiger partial charge in [0.05, 0.1) is 5.57 Å². The maximum Gasteiger partial charge on any atom is 0.283 e. The van der Waals surface area contributed by atoms with Crippen LogP contribution < -0.4 is 5.73 Å². The molecule has 1 amide bonds. The van der Waals surface area contributed by atoms with E-state index in [0.717, 1.165) is 0 Å². The number of rotatable bonds is 2. The highest BCUT2D eigenvalue weighted by Crippen LogP contribution is 2.01.